The normalized spacial score (nSPS) is 23.0. The largest absolute Gasteiger partial charge is 0.397 e. The van der Waals surface area contributed by atoms with Crippen LogP contribution in [0.15, 0.2) is 24.3 Å². The molecule has 306 valence electrons. The van der Waals surface area contributed by atoms with E-state index in [4.69, 9.17) is 14.0 Å². The molecule has 1 aliphatic rings. The molecule has 7 N–H and O–H groups in total. The summed E-state index contributed by atoms with van der Waals surface area (Å²) in [5.74, 6) is -0.717. The summed E-state index contributed by atoms with van der Waals surface area (Å²) in [6.07, 6.45) is 18.6. The van der Waals surface area contributed by atoms with Gasteiger partial charge in [0.05, 0.1) is 25.4 Å². The zero-order valence-electron chi connectivity index (χ0n) is 31.7. The number of rotatable bonds is 32. The van der Waals surface area contributed by atoms with Gasteiger partial charge in [0.1, 0.15) is 30.5 Å². The van der Waals surface area contributed by atoms with Crippen molar-refractivity contribution in [1.82, 2.24) is 5.32 Å². The van der Waals surface area contributed by atoms with E-state index in [1.807, 2.05) is 0 Å². The third kappa shape index (κ3) is 22.7. The molecule has 0 saturated carbocycles. The molecule has 0 bridgehead atoms. The summed E-state index contributed by atoms with van der Waals surface area (Å²) in [4.78, 5) is 13.0. The molecule has 0 radical (unpaired) electrons. The van der Waals surface area contributed by atoms with Gasteiger partial charge in [0.25, 0.3) is 0 Å². The molecule has 0 aromatic heterocycles. The van der Waals surface area contributed by atoms with E-state index < -0.39 is 78.5 Å². The summed E-state index contributed by atoms with van der Waals surface area (Å²) in [5.41, 5.74) is 0. The highest BCUT2D eigenvalue weighted by atomic mass is 32.3. The van der Waals surface area contributed by atoms with E-state index >= 15 is 0 Å². The fourth-order valence-electron chi connectivity index (χ4n) is 6.12. The van der Waals surface area contributed by atoms with E-state index in [9.17, 15) is 38.7 Å². The van der Waals surface area contributed by atoms with E-state index in [0.717, 1.165) is 38.5 Å². The van der Waals surface area contributed by atoms with E-state index in [0.29, 0.717) is 12.8 Å². The van der Waals surface area contributed by atoms with Crippen molar-refractivity contribution in [1.29, 1.82) is 0 Å². The lowest BCUT2D eigenvalue weighted by atomic mass is 9.99. The van der Waals surface area contributed by atoms with Crippen LogP contribution < -0.4 is 5.32 Å². The van der Waals surface area contributed by atoms with Gasteiger partial charge in [-0.25, -0.2) is 4.18 Å². The summed E-state index contributed by atoms with van der Waals surface area (Å²) >= 11 is 0. The molecule has 1 saturated heterocycles. The van der Waals surface area contributed by atoms with Crippen molar-refractivity contribution in [2.75, 3.05) is 13.2 Å². The maximum Gasteiger partial charge on any atom is 0.397 e. The zero-order chi connectivity index (χ0) is 38.6. The highest BCUT2D eigenvalue weighted by Crippen LogP contribution is 2.26. The topological polar surface area (TPSA) is 212 Å². The summed E-state index contributed by atoms with van der Waals surface area (Å²) < 4.78 is 47.2. The fourth-order valence-corrected chi connectivity index (χ4v) is 6.63. The van der Waals surface area contributed by atoms with Crippen molar-refractivity contribution in [2.45, 2.75) is 198 Å². The summed E-state index contributed by atoms with van der Waals surface area (Å²) in [6.45, 7) is 3.12. The minimum atomic E-state index is -5.11. The average Bonchev–Trinajstić information content (AvgIpc) is 3.11. The average molecular weight is 766 g/mol. The molecule has 1 heterocycles. The first kappa shape index (κ1) is 48.6. The standard InChI is InChI=1S/C38H71NO12S/c1-3-5-7-9-11-13-14-15-16-17-19-20-22-24-26-31(41)30(39-37(45)32(42)27-25-23-21-18-12-10-8-6-4-2)29-49-38-35(44)36(51-52(46,47)48)34(43)33(28-40)50-38/h17,19,24,26,30-36,38,40-44H,3-16,18,20-23,25,27-29H2,1-2H3,(H,39,45)(H,46,47,48)/b19-17+,26-24+. The Labute approximate surface area is 313 Å². The Morgan fingerprint density at radius 1 is 0.769 bits per heavy atom. The van der Waals surface area contributed by atoms with Gasteiger partial charge in [0.2, 0.25) is 5.91 Å². The molecule has 1 amide bonds. The highest BCUT2D eigenvalue weighted by Gasteiger charge is 2.48. The van der Waals surface area contributed by atoms with Crippen LogP contribution in [0.5, 0.6) is 0 Å². The molecule has 1 rings (SSSR count). The van der Waals surface area contributed by atoms with Crippen LogP contribution in [-0.2, 0) is 28.9 Å². The van der Waals surface area contributed by atoms with Crippen molar-refractivity contribution in [3.05, 3.63) is 24.3 Å². The Balaban J connectivity index is 2.73. The van der Waals surface area contributed by atoms with Gasteiger partial charge in [-0.3, -0.25) is 9.35 Å². The number of hydrogen-bond acceptors (Lipinski definition) is 11. The van der Waals surface area contributed by atoms with E-state index in [-0.39, 0.29) is 6.42 Å². The third-order valence-electron chi connectivity index (χ3n) is 9.34. The predicted octanol–water partition coefficient (Wildman–Crippen LogP) is 5.18. The molecular formula is C38H71NO12S. The molecule has 1 fully saturated rings. The number of carbonyl (C=O) groups is 1. The number of aliphatic hydroxyl groups excluding tert-OH is 5. The van der Waals surface area contributed by atoms with Crippen LogP contribution in [-0.4, -0.2) is 107 Å². The molecule has 0 aromatic carbocycles. The van der Waals surface area contributed by atoms with Crippen molar-refractivity contribution >= 4 is 16.3 Å². The van der Waals surface area contributed by atoms with Gasteiger partial charge < -0.3 is 40.3 Å². The highest BCUT2D eigenvalue weighted by molar-refractivity contribution is 7.80. The number of allylic oxidation sites excluding steroid dienone is 3. The Bertz CT molecular complexity index is 1060. The van der Waals surface area contributed by atoms with Crippen LogP contribution in [0.2, 0.25) is 0 Å². The molecule has 1 aliphatic heterocycles. The molecule has 8 unspecified atom stereocenters. The van der Waals surface area contributed by atoms with Crippen molar-refractivity contribution < 1.29 is 57.0 Å². The third-order valence-corrected chi connectivity index (χ3v) is 9.81. The molecule has 0 aromatic rings. The van der Waals surface area contributed by atoms with Crippen LogP contribution in [0.3, 0.4) is 0 Å². The summed E-state index contributed by atoms with van der Waals surface area (Å²) in [7, 11) is -5.11. The first-order chi connectivity index (χ1) is 24.9. The molecule has 0 aliphatic carbocycles. The van der Waals surface area contributed by atoms with Crippen LogP contribution >= 0.6 is 0 Å². The first-order valence-corrected chi connectivity index (χ1v) is 21.2. The van der Waals surface area contributed by atoms with E-state index in [1.165, 1.54) is 83.1 Å². The van der Waals surface area contributed by atoms with E-state index in [1.54, 1.807) is 6.08 Å². The number of aliphatic hydroxyl groups is 5. The Kier molecular flexibility index (Phi) is 27.9. The first-order valence-electron chi connectivity index (χ1n) is 19.8. The number of nitrogens with one attached hydrogen (secondary N) is 1. The second-order valence-corrected chi connectivity index (χ2v) is 15.1. The second-order valence-electron chi connectivity index (χ2n) is 14.0. The minimum Gasteiger partial charge on any atom is -0.394 e. The lowest BCUT2D eigenvalue weighted by Gasteiger charge is -2.41. The van der Waals surface area contributed by atoms with Gasteiger partial charge in [-0.2, -0.15) is 8.42 Å². The Hall–Kier alpha value is -1.46. The van der Waals surface area contributed by atoms with Gasteiger partial charge in [0, 0.05) is 0 Å². The Morgan fingerprint density at radius 2 is 1.29 bits per heavy atom. The smallest absolute Gasteiger partial charge is 0.394 e. The molecule has 13 nitrogen and oxygen atoms in total. The maximum absolute atomic E-state index is 13.0. The van der Waals surface area contributed by atoms with Crippen LogP contribution in [0.25, 0.3) is 0 Å². The second kappa shape index (κ2) is 29.8. The number of amides is 1. The lowest BCUT2D eigenvalue weighted by molar-refractivity contribution is -0.298. The number of carbonyl (C=O) groups excluding carboxylic acids is 1. The van der Waals surface area contributed by atoms with Crippen molar-refractivity contribution in [2.24, 2.45) is 0 Å². The molecule has 8 atom stereocenters. The monoisotopic (exact) mass is 765 g/mol. The summed E-state index contributed by atoms with van der Waals surface area (Å²) in [5, 5.41) is 54.8. The van der Waals surface area contributed by atoms with Gasteiger partial charge in [-0.1, -0.05) is 141 Å². The Morgan fingerprint density at radius 3 is 1.85 bits per heavy atom. The van der Waals surface area contributed by atoms with Crippen LogP contribution in [0.1, 0.15) is 149 Å². The van der Waals surface area contributed by atoms with Gasteiger partial charge in [-0.05, 0) is 32.1 Å². The fraction of sp³-hybridized carbons (Fsp3) is 0.868. The van der Waals surface area contributed by atoms with Crippen LogP contribution in [0.4, 0.5) is 0 Å². The lowest BCUT2D eigenvalue weighted by Crippen LogP contribution is -2.61. The summed E-state index contributed by atoms with van der Waals surface area (Å²) in [6, 6.07) is -1.13. The number of hydrogen-bond donors (Lipinski definition) is 7. The quantitative estimate of drug-likeness (QED) is 0.0268. The van der Waals surface area contributed by atoms with Crippen molar-refractivity contribution in [3.63, 3.8) is 0 Å². The van der Waals surface area contributed by atoms with Gasteiger partial charge in [-0.15, -0.1) is 0 Å². The van der Waals surface area contributed by atoms with Crippen LogP contribution in [0, 0.1) is 0 Å². The molecule has 0 spiro atoms. The van der Waals surface area contributed by atoms with Gasteiger partial charge in [0.15, 0.2) is 6.29 Å². The minimum absolute atomic E-state index is 0.238. The number of unbranched alkanes of at least 4 members (excludes halogenated alkanes) is 17. The number of ether oxygens (including phenoxy) is 2. The SMILES string of the molecule is CCCCCCCCCC/C=C/CC/C=C/C(O)C(COC1OC(CO)C(O)C(OS(=O)(=O)O)C1O)NC(=O)C(O)CCCCCCCCCCC. The molecular weight excluding hydrogens is 694 g/mol. The maximum atomic E-state index is 13.0. The van der Waals surface area contributed by atoms with Crippen molar-refractivity contribution in [3.8, 4) is 0 Å². The van der Waals surface area contributed by atoms with Gasteiger partial charge >= 0.3 is 10.4 Å². The zero-order valence-corrected chi connectivity index (χ0v) is 32.5. The molecule has 52 heavy (non-hydrogen) atoms. The van der Waals surface area contributed by atoms with E-state index in [2.05, 4.69) is 35.5 Å². The predicted molar refractivity (Wildman–Crippen MR) is 201 cm³/mol. The molecule has 14 heteroatoms.